The number of benzene rings is 9. The average Bonchev–Trinajstić information content (AvgIpc) is 3.87. The normalized spacial score (nSPS) is 11.5. The Labute approximate surface area is 359 Å². The minimum Gasteiger partial charge on any atom is -0.309 e. The number of rotatable bonds is 7. The van der Waals surface area contributed by atoms with E-state index in [4.69, 9.17) is 9.97 Å². The first-order chi connectivity index (χ1) is 30.7. The third-order valence-corrected chi connectivity index (χ3v) is 12.3. The lowest BCUT2D eigenvalue weighted by Crippen LogP contribution is -2.00. The summed E-state index contributed by atoms with van der Waals surface area (Å²) in [5.41, 5.74) is 17.3. The van der Waals surface area contributed by atoms with Gasteiger partial charge in [0.1, 0.15) is 0 Å². The summed E-state index contributed by atoms with van der Waals surface area (Å²) in [5.74, 6) is 0.645. The summed E-state index contributed by atoms with van der Waals surface area (Å²) in [5, 5.41) is 4.82. The number of hydrogen-bond donors (Lipinski definition) is 0. The molecule has 0 spiro atoms. The van der Waals surface area contributed by atoms with E-state index in [0.29, 0.717) is 5.95 Å². The van der Waals surface area contributed by atoms with Crippen molar-refractivity contribution in [3.8, 4) is 67.3 Å². The molecule has 0 saturated carbocycles. The fourth-order valence-corrected chi connectivity index (χ4v) is 9.27. The van der Waals surface area contributed by atoms with Gasteiger partial charge in [0.15, 0.2) is 0 Å². The molecule has 3 heterocycles. The monoisotopic (exact) mass is 790 g/mol. The molecule has 0 fully saturated rings. The Morgan fingerprint density at radius 3 is 1.27 bits per heavy atom. The molecule has 0 radical (unpaired) electrons. The molecular formula is C58H38N4. The van der Waals surface area contributed by atoms with E-state index >= 15 is 0 Å². The first-order valence-corrected chi connectivity index (χ1v) is 21.1. The first kappa shape index (κ1) is 35.6. The van der Waals surface area contributed by atoms with E-state index in [0.717, 1.165) is 33.4 Å². The second-order valence-electron chi connectivity index (χ2n) is 15.8. The Balaban J connectivity index is 0.874. The molecule has 4 heteroatoms. The van der Waals surface area contributed by atoms with Crippen LogP contribution in [-0.2, 0) is 0 Å². The zero-order chi connectivity index (χ0) is 41.0. The van der Waals surface area contributed by atoms with Crippen LogP contribution >= 0.6 is 0 Å². The van der Waals surface area contributed by atoms with Crippen molar-refractivity contribution in [3.05, 3.63) is 231 Å². The van der Waals surface area contributed by atoms with Gasteiger partial charge in [-0.15, -0.1) is 0 Å². The molecule has 0 N–H and O–H groups in total. The molecule has 0 aliphatic heterocycles. The molecule has 62 heavy (non-hydrogen) atoms. The second kappa shape index (κ2) is 14.7. The molecule has 0 aliphatic rings. The van der Waals surface area contributed by atoms with Crippen molar-refractivity contribution in [1.29, 1.82) is 0 Å². The van der Waals surface area contributed by atoms with Gasteiger partial charge in [-0.25, -0.2) is 9.97 Å². The molecule has 290 valence electrons. The number of nitrogens with zero attached hydrogens (tertiary/aromatic N) is 4. The smallest absolute Gasteiger partial charge is 0.234 e. The molecule has 3 aromatic heterocycles. The molecule has 12 rings (SSSR count). The van der Waals surface area contributed by atoms with Gasteiger partial charge in [-0.05, 0) is 105 Å². The predicted molar refractivity (Wildman–Crippen MR) is 258 cm³/mol. The van der Waals surface area contributed by atoms with Crippen molar-refractivity contribution >= 4 is 43.6 Å². The standard InChI is InChI=1S/C58H38N4/c1-4-14-41(15-5-1)48-31-28-43(34-51(48)42-16-6-2-7-17-42)39-24-26-40(27-25-39)46-37-59-58(60-38-46)62-55-23-13-11-21-50(55)53-36-45(30-33-57(53)62)44-29-32-56-52(35-44)49-20-10-12-22-54(49)61(56)47-18-8-3-9-19-47/h1-38H. The Morgan fingerprint density at radius 2 is 0.677 bits per heavy atom. The Bertz CT molecular complexity index is 3590. The van der Waals surface area contributed by atoms with Gasteiger partial charge in [0.2, 0.25) is 5.95 Å². The molecule has 9 aromatic carbocycles. The van der Waals surface area contributed by atoms with E-state index in [1.54, 1.807) is 0 Å². The molecule has 12 aromatic rings. The van der Waals surface area contributed by atoms with Crippen LogP contribution in [0.4, 0.5) is 0 Å². The van der Waals surface area contributed by atoms with E-state index in [-0.39, 0.29) is 0 Å². The maximum atomic E-state index is 4.98. The molecule has 0 amide bonds. The molecule has 0 atom stereocenters. The van der Waals surface area contributed by atoms with Crippen molar-refractivity contribution in [2.45, 2.75) is 0 Å². The molecule has 0 aliphatic carbocycles. The Morgan fingerprint density at radius 1 is 0.258 bits per heavy atom. The number of hydrogen-bond acceptors (Lipinski definition) is 2. The number of para-hydroxylation sites is 3. The fraction of sp³-hybridized carbons (Fsp3) is 0. The fourth-order valence-electron chi connectivity index (χ4n) is 9.27. The van der Waals surface area contributed by atoms with Crippen molar-refractivity contribution in [2.75, 3.05) is 0 Å². The van der Waals surface area contributed by atoms with Crippen LogP contribution < -0.4 is 0 Å². The topological polar surface area (TPSA) is 35.6 Å². The average molecular weight is 791 g/mol. The molecule has 0 saturated heterocycles. The molecule has 0 bridgehead atoms. The third kappa shape index (κ3) is 6.00. The Hall–Kier alpha value is -8.34. The van der Waals surface area contributed by atoms with Crippen molar-refractivity contribution in [1.82, 2.24) is 19.1 Å². The van der Waals surface area contributed by atoms with Crippen LogP contribution in [0.5, 0.6) is 0 Å². The van der Waals surface area contributed by atoms with Crippen LogP contribution in [-0.4, -0.2) is 19.1 Å². The van der Waals surface area contributed by atoms with Gasteiger partial charge in [-0.2, -0.15) is 0 Å². The molecule has 0 unspecified atom stereocenters. The molecule has 4 nitrogen and oxygen atoms in total. The summed E-state index contributed by atoms with van der Waals surface area (Å²) in [4.78, 5) is 9.97. The SMILES string of the molecule is c1ccc(-c2ccc(-c3ccc(-c4cnc(-n5c6ccccc6c6cc(-c7ccc8c(c7)c7ccccc7n8-c7ccccc7)ccc65)nc4)cc3)cc2-c2ccccc2)cc1. The van der Waals surface area contributed by atoms with E-state index < -0.39 is 0 Å². The van der Waals surface area contributed by atoms with Gasteiger partial charge in [0.05, 0.1) is 22.1 Å². The maximum Gasteiger partial charge on any atom is 0.234 e. The zero-order valence-corrected chi connectivity index (χ0v) is 33.7. The summed E-state index contributed by atoms with van der Waals surface area (Å²) in [6.45, 7) is 0. The summed E-state index contributed by atoms with van der Waals surface area (Å²) >= 11 is 0. The van der Waals surface area contributed by atoms with E-state index in [1.807, 2.05) is 12.4 Å². The van der Waals surface area contributed by atoms with Crippen molar-refractivity contribution in [2.24, 2.45) is 0 Å². The molecular weight excluding hydrogens is 753 g/mol. The summed E-state index contributed by atoms with van der Waals surface area (Å²) in [6.07, 6.45) is 3.88. The van der Waals surface area contributed by atoms with Crippen LogP contribution in [0.1, 0.15) is 0 Å². The van der Waals surface area contributed by atoms with Gasteiger partial charge in [-0.3, -0.25) is 4.57 Å². The summed E-state index contributed by atoms with van der Waals surface area (Å²) < 4.78 is 4.54. The lowest BCUT2D eigenvalue weighted by molar-refractivity contribution is 0.990. The number of aromatic nitrogens is 4. The van der Waals surface area contributed by atoms with Crippen LogP contribution in [0.3, 0.4) is 0 Å². The highest BCUT2D eigenvalue weighted by Crippen LogP contribution is 2.39. The summed E-state index contributed by atoms with van der Waals surface area (Å²) in [6, 6.07) is 78.2. The Kier molecular flexibility index (Phi) is 8.46. The van der Waals surface area contributed by atoms with Gasteiger partial charge in [0.25, 0.3) is 0 Å². The highest BCUT2D eigenvalue weighted by atomic mass is 15.1. The maximum absolute atomic E-state index is 4.98. The second-order valence-corrected chi connectivity index (χ2v) is 15.8. The third-order valence-electron chi connectivity index (χ3n) is 12.3. The van der Waals surface area contributed by atoms with Crippen molar-refractivity contribution < 1.29 is 0 Å². The van der Waals surface area contributed by atoms with Gasteiger partial charge >= 0.3 is 0 Å². The highest BCUT2D eigenvalue weighted by molar-refractivity contribution is 6.12. The summed E-state index contributed by atoms with van der Waals surface area (Å²) in [7, 11) is 0. The van der Waals surface area contributed by atoms with Crippen LogP contribution in [0.25, 0.3) is 111 Å². The largest absolute Gasteiger partial charge is 0.309 e. The lowest BCUT2D eigenvalue weighted by Gasteiger charge is -2.13. The van der Waals surface area contributed by atoms with Gasteiger partial charge in [0, 0.05) is 45.2 Å². The predicted octanol–water partition coefficient (Wildman–Crippen LogP) is 15.0. The van der Waals surface area contributed by atoms with Crippen LogP contribution in [0.2, 0.25) is 0 Å². The lowest BCUT2D eigenvalue weighted by atomic mass is 9.91. The number of fused-ring (bicyclic) bond motifs is 6. The van der Waals surface area contributed by atoms with Gasteiger partial charge in [-0.1, -0.05) is 164 Å². The minimum absolute atomic E-state index is 0.645. The first-order valence-electron chi connectivity index (χ1n) is 21.1. The highest BCUT2D eigenvalue weighted by Gasteiger charge is 2.17. The van der Waals surface area contributed by atoms with Crippen LogP contribution in [0, 0.1) is 0 Å². The van der Waals surface area contributed by atoms with E-state index in [9.17, 15) is 0 Å². The van der Waals surface area contributed by atoms with E-state index in [2.05, 4.69) is 228 Å². The minimum atomic E-state index is 0.645. The zero-order valence-electron chi connectivity index (χ0n) is 33.7. The van der Waals surface area contributed by atoms with Gasteiger partial charge < -0.3 is 4.57 Å². The van der Waals surface area contributed by atoms with Crippen LogP contribution in [0.15, 0.2) is 231 Å². The quantitative estimate of drug-likeness (QED) is 0.161. The van der Waals surface area contributed by atoms with E-state index in [1.165, 1.54) is 71.5 Å². The van der Waals surface area contributed by atoms with Crippen molar-refractivity contribution in [3.63, 3.8) is 0 Å².